The highest BCUT2D eigenvalue weighted by atomic mass is 15.3. The molecule has 0 aromatic heterocycles. The smallest absolute Gasteiger partial charge is 0.0740 e. The van der Waals surface area contributed by atoms with Gasteiger partial charge in [-0.2, -0.15) is 0 Å². The SMILES string of the molecule is C1CC2NCNC2N1. The van der Waals surface area contributed by atoms with Gasteiger partial charge in [0.05, 0.1) is 6.17 Å². The van der Waals surface area contributed by atoms with E-state index in [1.54, 1.807) is 0 Å². The monoisotopic (exact) mass is 113 g/mol. The van der Waals surface area contributed by atoms with E-state index in [4.69, 9.17) is 0 Å². The van der Waals surface area contributed by atoms with E-state index in [9.17, 15) is 0 Å². The first-order chi connectivity index (χ1) is 3.97. The second-order valence-electron chi connectivity index (χ2n) is 2.41. The molecular formula is C5H11N3. The molecule has 2 aliphatic rings. The van der Waals surface area contributed by atoms with Gasteiger partial charge in [-0.05, 0) is 13.0 Å². The molecule has 46 valence electrons. The molecule has 0 spiro atoms. The van der Waals surface area contributed by atoms with E-state index in [1.807, 2.05) is 0 Å². The van der Waals surface area contributed by atoms with Crippen molar-refractivity contribution in [1.29, 1.82) is 0 Å². The van der Waals surface area contributed by atoms with Crippen LogP contribution in [0.4, 0.5) is 0 Å². The van der Waals surface area contributed by atoms with Gasteiger partial charge in [0.15, 0.2) is 0 Å². The Balaban J connectivity index is 2.04. The standard InChI is InChI=1S/C5H11N3/c1-2-6-5-4(1)7-3-8-5/h4-8H,1-3H2. The summed E-state index contributed by atoms with van der Waals surface area (Å²) in [5.74, 6) is 0. The molecule has 2 saturated heterocycles. The Bertz CT molecular complexity index is 73.7. The summed E-state index contributed by atoms with van der Waals surface area (Å²) in [6.07, 6.45) is 1.84. The Morgan fingerprint density at radius 2 is 2.12 bits per heavy atom. The van der Waals surface area contributed by atoms with Gasteiger partial charge in [0, 0.05) is 12.7 Å². The lowest BCUT2D eigenvalue weighted by Crippen LogP contribution is -2.37. The van der Waals surface area contributed by atoms with Gasteiger partial charge in [-0.1, -0.05) is 0 Å². The maximum Gasteiger partial charge on any atom is 0.0740 e. The fraction of sp³-hybridized carbons (Fsp3) is 1.00. The van der Waals surface area contributed by atoms with Gasteiger partial charge in [0.25, 0.3) is 0 Å². The van der Waals surface area contributed by atoms with E-state index < -0.39 is 0 Å². The molecule has 0 aliphatic carbocycles. The zero-order chi connectivity index (χ0) is 5.40. The predicted molar refractivity (Wildman–Crippen MR) is 31.3 cm³/mol. The van der Waals surface area contributed by atoms with Crippen LogP contribution >= 0.6 is 0 Å². The summed E-state index contributed by atoms with van der Waals surface area (Å²) in [4.78, 5) is 0. The average molecular weight is 113 g/mol. The quantitative estimate of drug-likeness (QED) is 0.370. The molecule has 0 saturated carbocycles. The minimum absolute atomic E-state index is 0.565. The minimum atomic E-state index is 0.565. The van der Waals surface area contributed by atoms with Crippen LogP contribution in [0.2, 0.25) is 0 Å². The molecule has 0 bridgehead atoms. The molecular weight excluding hydrogens is 102 g/mol. The van der Waals surface area contributed by atoms with Gasteiger partial charge < -0.3 is 5.32 Å². The maximum absolute atomic E-state index is 3.34. The molecule has 2 heterocycles. The lowest BCUT2D eigenvalue weighted by Gasteiger charge is -2.05. The third-order valence-corrected chi connectivity index (χ3v) is 1.91. The molecule has 8 heavy (non-hydrogen) atoms. The number of rotatable bonds is 0. The maximum atomic E-state index is 3.34. The van der Waals surface area contributed by atoms with Crippen LogP contribution in [0, 0.1) is 0 Å². The summed E-state index contributed by atoms with van der Waals surface area (Å²) in [6, 6.07) is 0.704. The van der Waals surface area contributed by atoms with Crippen molar-refractivity contribution >= 4 is 0 Å². The lowest BCUT2D eigenvalue weighted by molar-refractivity contribution is 0.539. The van der Waals surface area contributed by atoms with E-state index in [-0.39, 0.29) is 0 Å². The summed E-state index contributed by atoms with van der Waals surface area (Å²) < 4.78 is 0. The highest BCUT2D eigenvalue weighted by molar-refractivity contribution is 4.91. The summed E-state index contributed by atoms with van der Waals surface area (Å²) in [5.41, 5.74) is 0. The Hall–Kier alpha value is -0.120. The molecule has 2 atom stereocenters. The molecule has 0 aromatic carbocycles. The van der Waals surface area contributed by atoms with Crippen LogP contribution < -0.4 is 16.0 Å². The summed E-state index contributed by atoms with van der Waals surface area (Å²) in [6.45, 7) is 2.14. The molecule has 3 nitrogen and oxygen atoms in total. The molecule has 2 fully saturated rings. The van der Waals surface area contributed by atoms with Crippen LogP contribution in [0.5, 0.6) is 0 Å². The Morgan fingerprint density at radius 1 is 1.12 bits per heavy atom. The van der Waals surface area contributed by atoms with Crippen molar-refractivity contribution in [2.45, 2.75) is 18.6 Å². The normalized spacial score (nSPS) is 45.0. The molecule has 0 radical (unpaired) electrons. The Labute approximate surface area is 48.8 Å². The van der Waals surface area contributed by atoms with Crippen LogP contribution in [0.1, 0.15) is 6.42 Å². The van der Waals surface area contributed by atoms with Crippen molar-refractivity contribution in [3.63, 3.8) is 0 Å². The molecule has 0 amide bonds. The van der Waals surface area contributed by atoms with Gasteiger partial charge in [-0.25, -0.2) is 0 Å². The average Bonchev–Trinajstić information content (AvgIpc) is 2.15. The van der Waals surface area contributed by atoms with Crippen LogP contribution in [-0.4, -0.2) is 25.4 Å². The molecule has 3 N–H and O–H groups in total. The summed E-state index contributed by atoms with van der Waals surface area (Å²) >= 11 is 0. The predicted octanol–water partition coefficient (Wildman–Crippen LogP) is -1.18. The molecule has 2 unspecified atom stereocenters. The van der Waals surface area contributed by atoms with Crippen molar-refractivity contribution in [3.8, 4) is 0 Å². The largest absolute Gasteiger partial charge is 0.301 e. The fourth-order valence-corrected chi connectivity index (χ4v) is 1.44. The fourth-order valence-electron chi connectivity index (χ4n) is 1.44. The zero-order valence-corrected chi connectivity index (χ0v) is 4.78. The molecule has 3 heteroatoms. The van der Waals surface area contributed by atoms with Crippen molar-refractivity contribution in [1.82, 2.24) is 16.0 Å². The van der Waals surface area contributed by atoms with Crippen molar-refractivity contribution < 1.29 is 0 Å². The second kappa shape index (κ2) is 1.69. The topological polar surface area (TPSA) is 36.1 Å². The van der Waals surface area contributed by atoms with Gasteiger partial charge in [-0.3, -0.25) is 10.6 Å². The first-order valence-electron chi connectivity index (χ1n) is 3.17. The number of nitrogens with one attached hydrogen (secondary N) is 3. The minimum Gasteiger partial charge on any atom is -0.301 e. The second-order valence-corrected chi connectivity index (χ2v) is 2.41. The van der Waals surface area contributed by atoms with E-state index in [1.165, 1.54) is 6.42 Å². The van der Waals surface area contributed by atoms with Crippen LogP contribution in [-0.2, 0) is 0 Å². The van der Waals surface area contributed by atoms with Crippen LogP contribution in [0.15, 0.2) is 0 Å². The number of hydrogen-bond donors (Lipinski definition) is 3. The van der Waals surface area contributed by atoms with Gasteiger partial charge in [-0.15, -0.1) is 0 Å². The van der Waals surface area contributed by atoms with Gasteiger partial charge in [0.2, 0.25) is 0 Å². The van der Waals surface area contributed by atoms with Crippen molar-refractivity contribution in [2.24, 2.45) is 0 Å². The van der Waals surface area contributed by atoms with Gasteiger partial charge in [0.1, 0.15) is 0 Å². The van der Waals surface area contributed by atoms with Gasteiger partial charge >= 0.3 is 0 Å². The van der Waals surface area contributed by atoms with Crippen molar-refractivity contribution in [2.75, 3.05) is 13.2 Å². The van der Waals surface area contributed by atoms with E-state index in [0.717, 1.165) is 13.2 Å². The molecule has 2 rings (SSSR count). The summed E-state index contributed by atoms with van der Waals surface area (Å²) in [5, 5.41) is 9.99. The number of fused-ring (bicyclic) bond motifs is 1. The van der Waals surface area contributed by atoms with E-state index in [2.05, 4.69) is 16.0 Å². The van der Waals surface area contributed by atoms with E-state index in [0.29, 0.717) is 12.2 Å². The highest BCUT2D eigenvalue weighted by Gasteiger charge is 2.29. The van der Waals surface area contributed by atoms with Crippen molar-refractivity contribution in [3.05, 3.63) is 0 Å². The Kier molecular flexibility index (Phi) is 0.997. The first-order valence-corrected chi connectivity index (χ1v) is 3.17. The molecule has 0 aromatic rings. The highest BCUT2D eigenvalue weighted by Crippen LogP contribution is 2.06. The van der Waals surface area contributed by atoms with E-state index >= 15 is 0 Å². The Morgan fingerprint density at radius 3 is 3.00 bits per heavy atom. The lowest BCUT2D eigenvalue weighted by atomic mass is 10.2. The third kappa shape index (κ3) is 0.555. The summed E-state index contributed by atoms with van der Waals surface area (Å²) in [7, 11) is 0. The zero-order valence-electron chi connectivity index (χ0n) is 4.78. The van der Waals surface area contributed by atoms with Crippen LogP contribution in [0.3, 0.4) is 0 Å². The first kappa shape index (κ1) is 4.73. The van der Waals surface area contributed by atoms with Crippen LogP contribution in [0.25, 0.3) is 0 Å². The third-order valence-electron chi connectivity index (χ3n) is 1.91. The number of hydrogen-bond acceptors (Lipinski definition) is 3. The molecule has 2 aliphatic heterocycles.